The van der Waals surface area contributed by atoms with Crippen LogP contribution < -0.4 is 10.6 Å². The Bertz CT molecular complexity index is 406. The molecule has 1 aliphatic rings. The van der Waals surface area contributed by atoms with Gasteiger partial charge in [0.15, 0.2) is 0 Å². The van der Waals surface area contributed by atoms with Gasteiger partial charge >= 0.3 is 0 Å². The summed E-state index contributed by atoms with van der Waals surface area (Å²) >= 11 is 0. The standard InChI is InChI=1S/C17H26N2O/c1-18-17(20)12-14-8-10-16(11-9-14)19-13-15-6-4-2-3-5-7-15/h8-11,15,19H,2-7,12-13H2,1H3,(H,18,20). The molecule has 0 aliphatic heterocycles. The van der Waals surface area contributed by atoms with Crippen LogP contribution in [0.15, 0.2) is 24.3 Å². The molecule has 0 atom stereocenters. The molecule has 0 aromatic heterocycles. The van der Waals surface area contributed by atoms with Gasteiger partial charge in [0.25, 0.3) is 0 Å². The van der Waals surface area contributed by atoms with Gasteiger partial charge in [-0.15, -0.1) is 0 Å². The lowest BCUT2D eigenvalue weighted by atomic mass is 10.0. The van der Waals surface area contributed by atoms with Gasteiger partial charge in [0.1, 0.15) is 0 Å². The second-order valence-electron chi connectivity index (χ2n) is 5.79. The third-order valence-electron chi connectivity index (χ3n) is 4.17. The molecule has 1 aromatic rings. The number of carbonyl (C=O) groups is 1. The number of benzene rings is 1. The van der Waals surface area contributed by atoms with Crippen LogP contribution in [-0.4, -0.2) is 19.5 Å². The summed E-state index contributed by atoms with van der Waals surface area (Å²) in [6.07, 6.45) is 8.77. The fraction of sp³-hybridized carbons (Fsp3) is 0.588. The summed E-state index contributed by atoms with van der Waals surface area (Å²) in [5.41, 5.74) is 2.22. The zero-order valence-electron chi connectivity index (χ0n) is 12.5. The molecule has 0 unspecified atom stereocenters. The van der Waals surface area contributed by atoms with Gasteiger partial charge in [-0.25, -0.2) is 0 Å². The van der Waals surface area contributed by atoms with Crippen LogP contribution in [0.25, 0.3) is 0 Å². The highest BCUT2D eigenvalue weighted by Gasteiger charge is 2.11. The molecule has 1 aromatic carbocycles. The molecule has 2 rings (SSSR count). The first-order chi connectivity index (χ1) is 9.78. The minimum absolute atomic E-state index is 0.0594. The van der Waals surface area contributed by atoms with Gasteiger partial charge in [0.2, 0.25) is 5.91 Å². The van der Waals surface area contributed by atoms with Crippen molar-refractivity contribution >= 4 is 11.6 Å². The maximum absolute atomic E-state index is 11.3. The predicted octanol–water partition coefficient (Wildman–Crippen LogP) is 3.36. The lowest BCUT2D eigenvalue weighted by Crippen LogP contribution is -2.19. The van der Waals surface area contributed by atoms with Crippen molar-refractivity contribution in [3.8, 4) is 0 Å². The van der Waals surface area contributed by atoms with Crippen LogP contribution in [0.2, 0.25) is 0 Å². The largest absolute Gasteiger partial charge is 0.385 e. The molecular formula is C17H26N2O. The minimum Gasteiger partial charge on any atom is -0.385 e. The lowest BCUT2D eigenvalue weighted by Gasteiger charge is -2.16. The molecule has 0 bridgehead atoms. The molecule has 0 spiro atoms. The molecule has 1 amide bonds. The van der Waals surface area contributed by atoms with Crippen molar-refractivity contribution in [2.75, 3.05) is 18.9 Å². The fourth-order valence-electron chi connectivity index (χ4n) is 2.84. The number of amides is 1. The second kappa shape index (κ2) is 7.93. The normalized spacial score (nSPS) is 16.4. The molecule has 1 saturated carbocycles. The van der Waals surface area contributed by atoms with E-state index in [-0.39, 0.29) is 5.91 Å². The van der Waals surface area contributed by atoms with Gasteiger partial charge < -0.3 is 10.6 Å². The molecule has 2 N–H and O–H groups in total. The second-order valence-corrected chi connectivity index (χ2v) is 5.79. The number of anilines is 1. The van der Waals surface area contributed by atoms with Gasteiger partial charge in [-0.05, 0) is 36.5 Å². The summed E-state index contributed by atoms with van der Waals surface area (Å²) in [4.78, 5) is 11.3. The molecule has 110 valence electrons. The highest BCUT2D eigenvalue weighted by molar-refractivity contribution is 5.78. The Morgan fingerprint density at radius 1 is 1.10 bits per heavy atom. The van der Waals surface area contributed by atoms with Crippen molar-refractivity contribution < 1.29 is 4.79 Å². The molecule has 1 aliphatic carbocycles. The Labute approximate surface area is 122 Å². The van der Waals surface area contributed by atoms with Crippen molar-refractivity contribution in [1.29, 1.82) is 0 Å². The molecule has 1 fully saturated rings. The first-order valence-corrected chi connectivity index (χ1v) is 7.81. The third-order valence-corrected chi connectivity index (χ3v) is 4.17. The van der Waals surface area contributed by atoms with Crippen molar-refractivity contribution in [3.05, 3.63) is 29.8 Å². The first-order valence-electron chi connectivity index (χ1n) is 7.81. The van der Waals surface area contributed by atoms with Crippen LogP contribution in [0, 0.1) is 5.92 Å². The summed E-state index contributed by atoms with van der Waals surface area (Å²) in [5, 5.41) is 6.18. The Balaban J connectivity index is 1.79. The lowest BCUT2D eigenvalue weighted by molar-refractivity contribution is -0.119. The summed E-state index contributed by atoms with van der Waals surface area (Å²) in [7, 11) is 1.67. The van der Waals surface area contributed by atoms with E-state index >= 15 is 0 Å². The monoisotopic (exact) mass is 274 g/mol. The van der Waals surface area contributed by atoms with Crippen LogP contribution in [0.3, 0.4) is 0 Å². The Morgan fingerprint density at radius 2 is 1.75 bits per heavy atom. The molecule has 20 heavy (non-hydrogen) atoms. The molecule has 3 nitrogen and oxygen atoms in total. The average molecular weight is 274 g/mol. The van der Waals surface area contributed by atoms with E-state index < -0.39 is 0 Å². The molecular weight excluding hydrogens is 248 g/mol. The zero-order valence-corrected chi connectivity index (χ0v) is 12.5. The molecule has 0 saturated heterocycles. The smallest absolute Gasteiger partial charge is 0.224 e. The maximum Gasteiger partial charge on any atom is 0.224 e. The maximum atomic E-state index is 11.3. The van der Waals surface area contributed by atoms with E-state index in [2.05, 4.69) is 22.8 Å². The molecule has 3 heteroatoms. The van der Waals surface area contributed by atoms with Crippen LogP contribution >= 0.6 is 0 Å². The van der Waals surface area contributed by atoms with Crippen LogP contribution in [0.5, 0.6) is 0 Å². The van der Waals surface area contributed by atoms with E-state index in [1.165, 1.54) is 38.5 Å². The van der Waals surface area contributed by atoms with Gasteiger partial charge in [-0.1, -0.05) is 37.8 Å². The highest BCUT2D eigenvalue weighted by Crippen LogP contribution is 2.23. The Morgan fingerprint density at radius 3 is 2.35 bits per heavy atom. The predicted molar refractivity (Wildman–Crippen MR) is 83.9 cm³/mol. The number of nitrogens with one attached hydrogen (secondary N) is 2. The van der Waals surface area contributed by atoms with Crippen LogP contribution in [-0.2, 0) is 11.2 Å². The Kier molecular flexibility index (Phi) is 5.90. The van der Waals surface area contributed by atoms with Crippen molar-refractivity contribution in [2.24, 2.45) is 5.92 Å². The van der Waals surface area contributed by atoms with Crippen molar-refractivity contribution in [3.63, 3.8) is 0 Å². The van der Waals surface area contributed by atoms with E-state index in [9.17, 15) is 4.79 Å². The summed E-state index contributed by atoms with van der Waals surface area (Å²) < 4.78 is 0. The van der Waals surface area contributed by atoms with E-state index in [0.29, 0.717) is 6.42 Å². The zero-order chi connectivity index (χ0) is 14.2. The number of rotatable bonds is 5. The topological polar surface area (TPSA) is 41.1 Å². The SMILES string of the molecule is CNC(=O)Cc1ccc(NCC2CCCCCC2)cc1. The van der Waals surface area contributed by atoms with Crippen molar-refractivity contribution in [1.82, 2.24) is 5.32 Å². The molecule has 0 heterocycles. The number of hydrogen-bond donors (Lipinski definition) is 2. The van der Waals surface area contributed by atoms with Gasteiger partial charge in [-0.2, -0.15) is 0 Å². The minimum atomic E-state index is 0.0594. The van der Waals surface area contributed by atoms with E-state index in [1.807, 2.05) is 12.1 Å². The average Bonchev–Trinajstić information content (AvgIpc) is 2.75. The summed E-state index contributed by atoms with van der Waals surface area (Å²) in [6, 6.07) is 8.22. The van der Waals surface area contributed by atoms with Gasteiger partial charge in [0.05, 0.1) is 6.42 Å². The third kappa shape index (κ3) is 4.87. The Hall–Kier alpha value is -1.51. The first kappa shape index (κ1) is 14.9. The number of carbonyl (C=O) groups excluding carboxylic acids is 1. The fourth-order valence-corrected chi connectivity index (χ4v) is 2.84. The summed E-state index contributed by atoms with van der Waals surface area (Å²) in [6.45, 7) is 1.08. The van der Waals surface area contributed by atoms with E-state index in [0.717, 1.165) is 23.7 Å². The molecule has 0 radical (unpaired) electrons. The quantitative estimate of drug-likeness (QED) is 0.808. The van der Waals surface area contributed by atoms with Crippen LogP contribution in [0.4, 0.5) is 5.69 Å². The van der Waals surface area contributed by atoms with Gasteiger partial charge in [-0.3, -0.25) is 4.79 Å². The van der Waals surface area contributed by atoms with E-state index in [4.69, 9.17) is 0 Å². The highest BCUT2D eigenvalue weighted by atomic mass is 16.1. The summed E-state index contributed by atoms with van der Waals surface area (Å²) in [5.74, 6) is 0.882. The number of likely N-dealkylation sites (N-methyl/N-ethyl adjacent to an activating group) is 1. The van der Waals surface area contributed by atoms with E-state index in [1.54, 1.807) is 7.05 Å². The van der Waals surface area contributed by atoms with Crippen molar-refractivity contribution in [2.45, 2.75) is 44.9 Å². The number of hydrogen-bond acceptors (Lipinski definition) is 2. The van der Waals surface area contributed by atoms with Crippen LogP contribution in [0.1, 0.15) is 44.1 Å². The van der Waals surface area contributed by atoms with Gasteiger partial charge in [0, 0.05) is 19.3 Å².